The SMILES string of the molecule is C=CCOc1ccc(C[C@@H](C(=O)N(Cc2cc(CBr)cc(C(=O)OC)c2)C(=O)OC(C)(C)C)N(C(=O)OC(C)(C)C)C(=O)OC(C)(C)C)cc1. The van der Waals surface area contributed by atoms with Gasteiger partial charge in [0.15, 0.2) is 0 Å². The summed E-state index contributed by atoms with van der Waals surface area (Å²) in [6.45, 7) is 18.1. The Kier molecular flexibility index (Phi) is 14.6. The number of hydrogen-bond acceptors (Lipinski definition) is 10. The normalized spacial score (nSPS) is 12.2. The zero-order valence-electron chi connectivity index (χ0n) is 30.6. The summed E-state index contributed by atoms with van der Waals surface area (Å²) in [6, 6.07) is 9.80. The second-order valence-electron chi connectivity index (χ2n) is 14.4. The third kappa shape index (κ3) is 13.5. The molecule has 2 rings (SSSR count). The molecule has 0 aliphatic carbocycles. The Morgan fingerprint density at radius 1 is 0.760 bits per heavy atom. The number of carbonyl (C=O) groups is 5. The highest BCUT2D eigenvalue weighted by molar-refractivity contribution is 9.08. The summed E-state index contributed by atoms with van der Waals surface area (Å²) in [7, 11) is 1.24. The minimum atomic E-state index is -1.66. The summed E-state index contributed by atoms with van der Waals surface area (Å²) in [5.74, 6) is -1.06. The molecule has 0 heterocycles. The van der Waals surface area contributed by atoms with Crippen molar-refractivity contribution < 1.29 is 47.7 Å². The molecule has 0 radical (unpaired) electrons. The number of alkyl halides is 1. The van der Waals surface area contributed by atoms with Crippen LogP contribution in [0.25, 0.3) is 0 Å². The number of nitrogens with zero attached hydrogens (tertiary/aromatic N) is 2. The van der Waals surface area contributed by atoms with Crippen molar-refractivity contribution in [2.75, 3.05) is 13.7 Å². The number of rotatable bonds is 11. The molecule has 0 aliphatic heterocycles. The number of carbonyl (C=O) groups excluding carboxylic acids is 5. The molecule has 50 heavy (non-hydrogen) atoms. The molecule has 12 nitrogen and oxygen atoms in total. The Bertz CT molecular complexity index is 1510. The van der Waals surface area contributed by atoms with Crippen LogP contribution in [0.5, 0.6) is 5.75 Å². The number of benzene rings is 2. The summed E-state index contributed by atoms with van der Waals surface area (Å²) in [4.78, 5) is 70.3. The Hall–Kier alpha value is -4.39. The van der Waals surface area contributed by atoms with Crippen LogP contribution < -0.4 is 4.74 Å². The molecule has 0 spiro atoms. The molecule has 0 fully saturated rings. The lowest BCUT2D eigenvalue weighted by Crippen LogP contribution is -2.57. The van der Waals surface area contributed by atoms with Crippen LogP contribution in [0, 0.1) is 0 Å². The van der Waals surface area contributed by atoms with Crippen LogP contribution in [-0.2, 0) is 42.0 Å². The molecule has 0 unspecified atom stereocenters. The topological polar surface area (TPSA) is 138 Å². The van der Waals surface area contributed by atoms with Crippen molar-refractivity contribution in [2.45, 2.75) is 103 Å². The van der Waals surface area contributed by atoms with Gasteiger partial charge in [-0.05, 0) is 103 Å². The average molecular weight is 762 g/mol. The lowest BCUT2D eigenvalue weighted by Gasteiger charge is -2.35. The van der Waals surface area contributed by atoms with E-state index in [1.807, 2.05) is 0 Å². The zero-order chi connectivity index (χ0) is 38.0. The van der Waals surface area contributed by atoms with Crippen molar-refractivity contribution >= 4 is 46.1 Å². The van der Waals surface area contributed by atoms with Gasteiger partial charge in [0, 0.05) is 11.8 Å². The second-order valence-corrected chi connectivity index (χ2v) is 14.9. The molecule has 0 N–H and O–H groups in total. The van der Waals surface area contributed by atoms with Gasteiger partial charge in [-0.25, -0.2) is 24.1 Å². The Labute approximate surface area is 303 Å². The minimum Gasteiger partial charge on any atom is -0.490 e. The van der Waals surface area contributed by atoms with E-state index in [0.29, 0.717) is 32.7 Å². The van der Waals surface area contributed by atoms with Gasteiger partial charge in [-0.3, -0.25) is 4.79 Å². The molecule has 13 heteroatoms. The maximum atomic E-state index is 14.8. The number of amides is 4. The number of methoxy groups -OCH3 is 1. The number of halogens is 1. The average Bonchev–Trinajstić information content (AvgIpc) is 2.99. The van der Waals surface area contributed by atoms with Crippen molar-refractivity contribution in [1.82, 2.24) is 9.80 Å². The quantitative estimate of drug-likeness (QED) is 0.0959. The molecule has 2 aromatic rings. The first-order chi connectivity index (χ1) is 23.1. The highest BCUT2D eigenvalue weighted by Gasteiger charge is 2.44. The third-order valence-electron chi connectivity index (χ3n) is 6.35. The summed E-state index contributed by atoms with van der Waals surface area (Å²) < 4.78 is 27.4. The Morgan fingerprint density at radius 3 is 1.72 bits per heavy atom. The summed E-state index contributed by atoms with van der Waals surface area (Å²) in [5, 5.41) is 0.353. The number of esters is 1. The van der Waals surface area contributed by atoms with E-state index in [9.17, 15) is 24.0 Å². The lowest BCUT2D eigenvalue weighted by atomic mass is 10.0. The van der Waals surface area contributed by atoms with Crippen molar-refractivity contribution in [3.63, 3.8) is 0 Å². The second kappa shape index (κ2) is 17.5. The molecule has 0 saturated carbocycles. The van der Waals surface area contributed by atoms with Gasteiger partial charge in [0.25, 0.3) is 5.91 Å². The molecular weight excluding hydrogens is 712 g/mol. The van der Waals surface area contributed by atoms with Gasteiger partial charge in [-0.1, -0.05) is 46.8 Å². The molecular formula is C37H49BrN2O10. The van der Waals surface area contributed by atoms with E-state index in [2.05, 4.69) is 22.5 Å². The molecule has 274 valence electrons. The molecule has 0 saturated heterocycles. The zero-order valence-corrected chi connectivity index (χ0v) is 32.2. The van der Waals surface area contributed by atoms with Crippen LogP contribution in [0.1, 0.15) is 89.4 Å². The van der Waals surface area contributed by atoms with Crippen LogP contribution >= 0.6 is 15.9 Å². The van der Waals surface area contributed by atoms with E-state index < -0.39 is 53.0 Å². The number of ether oxygens (including phenoxy) is 5. The van der Waals surface area contributed by atoms with Crippen molar-refractivity contribution in [3.05, 3.63) is 77.4 Å². The van der Waals surface area contributed by atoms with E-state index in [4.69, 9.17) is 23.7 Å². The van der Waals surface area contributed by atoms with E-state index in [1.165, 1.54) is 13.2 Å². The van der Waals surface area contributed by atoms with E-state index >= 15 is 0 Å². The summed E-state index contributed by atoms with van der Waals surface area (Å²) >= 11 is 3.39. The van der Waals surface area contributed by atoms with E-state index in [0.717, 1.165) is 4.90 Å². The van der Waals surface area contributed by atoms with Gasteiger partial charge in [0.2, 0.25) is 0 Å². The predicted octanol–water partition coefficient (Wildman–Crippen LogP) is 7.98. The van der Waals surface area contributed by atoms with Gasteiger partial charge < -0.3 is 23.7 Å². The highest BCUT2D eigenvalue weighted by atomic mass is 79.9. The lowest BCUT2D eigenvalue weighted by molar-refractivity contribution is -0.136. The largest absolute Gasteiger partial charge is 0.490 e. The third-order valence-corrected chi connectivity index (χ3v) is 6.99. The molecule has 1 atom stereocenters. The number of hydrogen-bond donors (Lipinski definition) is 0. The fourth-order valence-electron chi connectivity index (χ4n) is 4.42. The first-order valence-corrected chi connectivity index (χ1v) is 17.1. The van der Waals surface area contributed by atoms with Crippen molar-refractivity contribution in [3.8, 4) is 5.75 Å². The van der Waals surface area contributed by atoms with Crippen molar-refractivity contribution in [2.24, 2.45) is 0 Å². The van der Waals surface area contributed by atoms with E-state index in [-0.39, 0.29) is 25.1 Å². The van der Waals surface area contributed by atoms with Crippen LogP contribution in [0.2, 0.25) is 0 Å². The Balaban J connectivity index is 2.83. The van der Waals surface area contributed by atoms with Gasteiger partial charge in [0.05, 0.1) is 19.2 Å². The summed E-state index contributed by atoms with van der Waals surface area (Å²) in [6.07, 6.45) is -2.01. The standard InChI is InChI=1S/C37H49BrN2O10/c1-12-17-47-28-15-13-24(14-16-28)21-29(40(33(44)49-36(5,6)7)34(45)50-37(8,9)10)30(41)39(32(43)48-35(2,3)4)23-26-18-25(22-38)19-27(20-26)31(42)46-11/h12-16,18-20,29H,1,17,21-23H2,2-11H3/t29-/m0/s1. The highest BCUT2D eigenvalue weighted by Crippen LogP contribution is 2.25. The monoisotopic (exact) mass is 760 g/mol. The predicted molar refractivity (Wildman–Crippen MR) is 191 cm³/mol. The first kappa shape index (κ1) is 41.8. The molecule has 0 aliphatic rings. The summed E-state index contributed by atoms with van der Waals surface area (Å²) in [5.41, 5.74) is -1.41. The maximum absolute atomic E-state index is 14.8. The van der Waals surface area contributed by atoms with Gasteiger partial charge in [-0.15, -0.1) is 0 Å². The maximum Gasteiger partial charge on any atom is 0.420 e. The van der Waals surface area contributed by atoms with Crippen LogP contribution in [0.4, 0.5) is 14.4 Å². The fraction of sp³-hybridized carbons (Fsp3) is 0.486. The molecule has 0 bridgehead atoms. The molecule has 0 aromatic heterocycles. The first-order valence-electron chi connectivity index (χ1n) is 16.0. The molecule has 2 aromatic carbocycles. The van der Waals surface area contributed by atoms with Gasteiger partial charge >= 0.3 is 24.2 Å². The van der Waals surface area contributed by atoms with Crippen LogP contribution in [0.3, 0.4) is 0 Å². The smallest absolute Gasteiger partial charge is 0.420 e. The van der Waals surface area contributed by atoms with E-state index in [1.54, 1.807) is 105 Å². The Morgan fingerprint density at radius 2 is 1.26 bits per heavy atom. The van der Waals surface area contributed by atoms with Gasteiger partial charge in [0.1, 0.15) is 35.2 Å². The fourth-order valence-corrected chi connectivity index (χ4v) is 4.74. The minimum absolute atomic E-state index is 0.190. The molecule has 4 amide bonds. The number of imide groups is 2. The van der Waals surface area contributed by atoms with Crippen LogP contribution in [0.15, 0.2) is 55.1 Å². The van der Waals surface area contributed by atoms with Crippen LogP contribution in [-0.4, -0.2) is 76.5 Å². The van der Waals surface area contributed by atoms with Gasteiger partial charge in [-0.2, -0.15) is 4.90 Å². The van der Waals surface area contributed by atoms with Crippen molar-refractivity contribution in [1.29, 1.82) is 0 Å².